The summed E-state index contributed by atoms with van der Waals surface area (Å²) in [5, 5.41) is 12.2. The second-order valence-corrected chi connectivity index (χ2v) is 6.30. The van der Waals surface area contributed by atoms with Gasteiger partial charge in [-0.2, -0.15) is 0 Å². The summed E-state index contributed by atoms with van der Waals surface area (Å²) in [7, 11) is 1.37. The van der Waals surface area contributed by atoms with Gasteiger partial charge in [0.05, 0.1) is 22.8 Å². The topological polar surface area (TPSA) is 95.9 Å². The number of hydrogen-bond acceptors (Lipinski definition) is 5. The van der Waals surface area contributed by atoms with Crippen molar-refractivity contribution in [3.05, 3.63) is 57.6 Å². The highest BCUT2D eigenvalue weighted by molar-refractivity contribution is 6.43. The monoisotopic (exact) mass is 406 g/mol. The van der Waals surface area contributed by atoms with Crippen molar-refractivity contribution in [2.24, 2.45) is 0 Å². The molecule has 0 saturated carbocycles. The van der Waals surface area contributed by atoms with E-state index in [0.717, 1.165) is 4.90 Å². The largest absolute Gasteiger partial charge is 0.504 e. The van der Waals surface area contributed by atoms with Crippen molar-refractivity contribution in [1.82, 2.24) is 5.32 Å². The van der Waals surface area contributed by atoms with Gasteiger partial charge in [0.25, 0.3) is 11.8 Å². The molecule has 1 saturated heterocycles. The maximum atomic E-state index is 12.8. The number of rotatable bonds is 3. The zero-order valence-electron chi connectivity index (χ0n) is 13.8. The van der Waals surface area contributed by atoms with E-state index in [4.69, 9.17) is 27.9 Å². The molecule has 2 N–H and O–H groups in total. The quantitative estimate of drug-likeness (QED) is 0.601. The molecular formula is C18H12Cl2N2O5. The van der Waals surface area contributed by atoms with Crippen LogP contribution in [0.1, 0.15) is 5.56 Å². The smallest absolute Gasteiger partial charge is 0.335 e. The highest BCUT2D eigenvalue weighted by Gasteiger charge is 2.37. The number of nitrogens with zero attached hydrogens (tertiary/aromatic N) is 1. The summed E-state index contributed by atoms with van der Waals surface area (Å²) in [6.07, 6.45) is 1.29. The fraction of sp³-hybridized carbons (Fsp3) is 0.0556. The van der Waals surface area contributed by atoms with Gasteiger partial charge in [0, 0.05) is 0 Å². The Morgan fingerprint density at radius 3 is 2.48 bits per heavy atom. The van der Waals surface area contributed by atoms with Crippen LogP contribution in [0, 0.1) is 0 Å². The van der Waals surface area contributed by atoms with Crippen LogP contribution in [0.25, 0.3) is 6.08 Å². The van der Waals surface area contributed by atoms with Gasteiger partial charge < -0.3 is 9.84 Å². The van der Waals surface area contributed by atoms with Gasteiger partial charge >= 0.3 is 6.03 Å². The number of ether oxygens (including phenoxy) is 1. The minimum Gasteiger partial charge on any atom is -0.504 e. The number of imide groups is 2. The maximum Gasteiger partial charge on any atom is 0.335 e. The zero-order valence-corrected chi connectivity index (χ0v) is 15.3. The van der Waals surface area contributed by atoms with Crippen LogP contribution in [0.4, 0.5) is 10.5 Å². The van der Waals surface area contributed by atoms with E-state index in [2.05, 4.69) is 5.32 Å². The molecule has 7 nitrogen and oxygen atoms in total. The Morgan fingerprint density at radius 1 is 1.07 bits per heavy atom. The third-order valence-corrected chi connectivity index (χ3v) is 4.52. The molecule has 0 radical (unpaired) electrons. The minimum atomic E-state index is -0.899. The highest BCUT2D eigenvalue weighted by Crippen LogP contribution is 2.30. The van der Waals surface area contributed by atoms with Crippen LogP contribution < -0.4 is 15.0 Å². The Bertz CT molecular complexity index is 1000. The number of aromatic hydroxyl groups is 1. The van der Waals surface area contributed by atoms with Crippen LogP contribution in [0.3, 0.4) is 0 Å². The molecule has 0 aromatic heterocycles. The van der Waals surface area contributed by atoms with Gasteiger partial charge in [-0.3, -0.25) is 14.9 Å². The van der Waals surface area contributed by atoms with Crippen LogP contribution >= 0.6 is 23.2 Å². The normalized spacial score (nSPS) is 15.9. The van der Waals surface area contributed by atoms with E-state index < -0.39 is 17.8 Å². The molecule has 2 aromatic rings. The average Bonchev–Trinajstić information content (AvgIpc) is 2.62. The van der Waals surface area contributed by atoms with Crippen molar-refractivity contribution >= 4 is 52.8 Å². The van der Waals surface area contributed by atoms with E-state index in [1.165, 1.54) is 49.6 Å². The van der Waals surface area contributed by atoms with Gasteiger partial charge in [-0.15, -0.1) is 0 Å². The lowest BCUT2D eigenvalue weighted by molar-refractivity contribution is -0.122. The first-order valence-electron chi connectivity index (χ1n) is 7.55. The lowest BCUT2D eigenvalue weighted by Crippen LogP contribution is -2.54. The SMILES string of the molecule is COc1cc(C=C2C(=O)NC(=O)N(c3ccc(Cl)c(Cl)c3)C2=O)ccc1O. The van der Waals surface area contributed by atoms with E-state index >= 15 is 0 Å². The number of halogens is 2. The Hall–Kier alpha value is -3.03. The van der Waals surface area contributed by atoms with E-state index in [0.29, 0.717) is 5.56 Å². The molecule has 1 aliphatic rings. The molecule has 1 heterocycles. The number of phenols is 1. The van der Waals surface area contributed by atoms with E-state index in [-0.39, 0.29) is 32.8 Å². The average molecular weight is 407 g/mol. The number of hydrogen-bond donors (Lipinski definition) is 2. The Morgan fingerprint density at radius 2 is 1.81 bits per heavy atom. The minimum absolute atomic E-state index is 0.0910. The highest BCUT2D eigenvalue weighted by atomic mass is 35.5. The standard InChI is InChI=1S/C18H12Cl2N2O5/c1-27-15-7-9(2-5-14(15)23)6-11-16(24)21-18(26)22(17(11)25)10-3-4-12(19)13(20)8-10/h2-8,23H,1H3,(H,21,24,26). The van der Waals surface area contributed by atoms with Crippen molar-refractivity contribution < 1.29 is 24.2 Å². The first kappa shape index (κ1) is 18.8. The lowest BCUT2D eigenvalue weighted by Gasteiger charge is -2.26. The van der Waals surface area contributed by atoms with Crippen LogP contribution in [-0.4, -0.2) is 30.1 Å². The van der Waals surface area contributed by atoms with E-state index in [1.54, 1.807) is 0 Å². The van der Waals surface area contributed by atoms with Gasteiger partial charge in [-0.1, -0.05) is 29.3 Å². The number of phenolic OH excluding ortho intramolecular Hbond substituents is 1. The number of benzene rings is 2. The third kappa shape index (κ3) is 3.60. The predicted molar refractivity (Wildman–Crippen MR) is 100 cm³/mol. The molecule has 0 bridgehead atoms. The first-order chi connectivity index (χ1) is 12.8. The second kappa shape index (κ2) is 7.30. The molecule has 0 atom stereocenters. The predicted octanol–water partition coefficient (Wildman–Crippen LogP) is 3.37. The van der Waals surface area contributed by atoms with Gasteiger partial charge in [0.2, 0.25) is 0 Å². The fourth-order valence-corrected chi connectivity index (χ4v) is 2.76. The zero-order chi connectivity index (χ0) is 19.7. The van der Waals surface area contributed by atoms with Gasteiger partial charge in [-0.05, 0) is 42.0 Å². The molecular weight excluding hydrogens is 395 g/mol. The second-order valence-electron chi connectivity index (χ2n) is 5.49. The number of anilines is 1. The molecule has 138 valence electrons. The lowest BCUT2D eigenvalue weighted by atomic mass is 10.1. The summed E-state index contributed by atoms with van der Waals surface area (Å²) in [5.41, 5.74) is 0.314. The molecule has 3 rings (SSSR count). The van der Waals surface area contributed by atoms with Crippen LogP contribution in [0.5, 0.6) is 11.5 Å². The number of amides is 4. The van der Waals surface area contributed by atoms with Crippen molar-refractivity contribution in [1.29, 1.82) is 0 Å². The maximum absolute atomic E-state index is 12.8. The van der Waals surface area contributed by atoms with Crippen LogP contribution in [-0.2, 0) is 9.59 Å². The molecule has 1 aliphatic heterocycles. The van der Waals surface area contributed by atoms with Crippen molar-refractivity contribution in [3.8, 4) is 11.5 Å². The number of urea groups is 1. The number of methoxy groups -OCH3 is 1. The van der Waals surface area contributed by atoms with Gasteiger partial charge in [-0.25, -0.2) is 9.69 Å². The van der Waals surface area contributed by atoms with E-state index in [1.807, 2.05) is 0 Å². The van der Waals surface area contributed by atoms with Gasteiger partial charge in [0.1, 0.15) is 5.57 Å². The van der Waals surface area contributed by atoms with Crippen LogP contribution in [0.15, 0.2) is 42.0 Å². The summed E-state index contributed by atoms with van der Waals surface area (Å²) >= 11 is 11.8. The molecule has 0 unspecified atom stereocenters. The van der Waals surface area contributed by atoms with Crippen LogP contribution in [0.2, 0.25) is 10.0 Å². The van der Waals surface area contributed by atoms with Gasteiger partial charge in [0.15, 0.2) is 11.5 Å². The summed E-state index contributed by atoms with van der Waals surface area (Å²) < 4.78 is 5.00. The fourth-order valence-electron chi connectivity index (χ4n) is 2.47. The van der Waals surface area contributed by atoms with E-state index in [9.17, 15) is 19.5 Å². The summed E-state index contributed by atoms with van der Waals surface area (Å²) in [5.74, 6) is -1.58. The van der Waals surface area contributed by atoms with Crippen molar-refractivity contribution in [2.75, 3.05) is 12.0 Å². The number of carbonyl (C=O) groups is 3. The molecule has 0 spiro atoms. The molecule has 2 aromatic carbocycles. The molecule has 4 amide bonds. The summed E-state index contributed by atoms with van der Waals surface area (Å²) in [6.45, 7) is 0. The number of nitrogens with one attached hydrogen (secondary N) is 1. The first-order valence-corrected chi connectivity index (χ1v) is 8.31. The Labute approximate surface area is 163 Å². The molecule has 27 heavy (non-hydrogen) atoms. The Balaban J connectivity index is 2.03. The Kier molecular flexibility index (Phi) is 5.07. The number of carbonyl (C=O) groups excluding carboxylic acids is 3. The number of barbiturate groups is 1. The van der Waals surface area contributed by atoms with Crippen molar-refractivity contribution in [2.45, 2.75) is 0 Å². The third-order valence-electron chi connectivity index (χ3n) is 3.78. The molecule has 9 heteroatoms. The molecule has 1 fully saturated rings. The summed E-state index contributed by atoms with van der Waals surface area (Å²) in [6, 6.07) is 7.61. The summed E-state index contributed by atoms with van der Waals surface area (Å²) in [4.78, 5) is 37.9. The van der Waals surface area contributed by atoms with Crippen molar-refractivity contribution in [3.63, 3.8) is 0 Å². The molecule has 0 aliphatic carbocycles.